The molecule has 0 radical (unpaired) electrons. The van der Waals surface area contributed by atoms with Crippen LogP contribution in [0, 0.1) is 0 Å². The fourth-order valence-corrected chi connectivity index (χ4v) is 3.11. The molecular weight excluding hydrogens is 304 g/mol. The lowest BCUT2D eigenvalue weighted by molar-refractivity contribution is 0.392. The lowest BCUT2D eigenvalue weighted by Crippen LogP contribution is -2.18. The third-order valence-corrected chi connectivity index (χ3v) is 4.46. The number of pyridine rings is 1. The second kappa shape index (κ2) is 5.63. The number of ether oxygens (including phenoxy) is 1. The molecule has 1 aromatic heterocycles. The third-order valence-electron chi connectivity index (χ3n) is 3.79. The zero-order chi connectivity index (χ0) is 13.2. The summed E-state index contributed by atoms with van der Waals surface area (Å²) in [6.07, 6.45) is 7.19. The van der Waals surface area contributed by atoms with Gasteiger partial charge in [0.25, 0.3) is 0 Å². The molecule has 1 atom stereocenters. The Morgan fingerprint density at radius 2 is 2.26 bits per heavy atom. The Kier molecular flexibility index (Phi) is 3.89. The number of halogens is 1. The summed E-state index contributed by atoms with van der Waals surface area (Å²) in [6.45, 7) is 1.11. The maximum atomic E-state index is 5.43. The molecule has 2 heterocycles. The highest BCUT2D eigenvalue weighted by Gasteiger charge is 2.27. The van der Waals surface area contributed by atoms with E-state index in [0.717, 1.165) is 22.6 Å². The van der Waals surface area contributed by atoms with E-state index in [4.69, 9.17) is 4.74 Å². The Morgan fingerprint density at radius 1 is 1.42 bits per heavy atom. The minimum atomic E-state index is 0.463. The van der Waals surface area contributed by atoms with Crippen LogP contribution in [0.3, 0.4) is 0 Å². The highest BCUT2D eigenvalue weighted by molar-refractivity contribution is 9.15. The van der Waals surface area contributed by atoms with Crippen LogP contribution in [0.15, 0.2) is 18.2 Å². The van der Waals surface area contributed by atoms with Crippen LogP contribution in [0.1, 0.15) is 42.9 Å². The largest absolute Gasteiger partial charge is 0.481 e. The first-order chi connectivity index (χ1) is 9.28. The summed E-state index contributed by atoms with van der Waals surface area (Å²) in [5, 5.41) is 3.46. The van der Waals surface area contributed by atoms with Gasteiger partial charge in [0.15, 0.2) is 0 Å². The molecule has 1 saturated heterocycles. The zero-order valence-corrected chi connectivity index (χ0v) is 12.7. The summed E-state index contributed by atoms with van der Waals surface area (Å²) in [5.41, 5.74) is 2.21. The number of nitrogens with zero attached hydrogens (tertiary/aromatic N) is 1. The van der Waals surface area contributed by atoms with E-state index >= 15 is 0 Å². The number of nitrogens with one attached hydrogen (secondary N) is 1. The minimum Gasteiger partial charge on any atom is -0.481 e. The van der Waals surface area contributed by atoms with Crippen LogP contribution in [0.2, 0.25) is 0 Å². The molecule has 2 aliphatic rings. The summed E-state index contributed by atoms with van der Waals surface area (Å²) in [7, 11) is 1.70. The van der Waals surface area contributed by atoms with Gasteiger partial charge in [0.1, 0.15) is 0 Å². The van der Waals surface area contributed by atoms with E-state index in [1.165, 1.54) is 31.2 Å². The van der Waals surface area contributed by atoms with Gasteiger partial charge in [-0.2, -0.15) is 0 Å². The molecule has 0 amide bonds. The normalized spacial score (nSPS) is 23.7. The van der Waals surface area contributed by atoms with Gasteiger partial charge < -0.3 is 10.1 Å². The van der Waals surface area contributed by atoms with Gasteiger partial charge in [0.05, 0.1) is 12.8 Å². The van der Waals surface area contributed by atoms with Crippen molar-refractivity contribution in [1.82, 2.24) is 10.3 Å². The van der Waals surface area contributed by atoms with Crippen LogP contribution in [0.5, 0.6) is 5.88 Å². The lowest BCUT2D eigenvalue weighted by atomic mass is 10.1. The van der Waals surface area contributed by atoms with Gasteiger partial charge in [-0.3, -0.25) is 0 Å². The smallest absolute Gasteiger partial charge is 0.217 e. The van der Waals surface area contributed by atoms with E-state index < -0.39 is 0 Å². The topological polar surface area (TPSA) is 34.1 Å². The van der Waals surface area contributed by atoms with E-state index in [2.05, 4.69) is 44.4 Å². The molecule has 0 bridgehead atoms. The van der Waals surface area contributed by atoms with E-state index in [1.807, 2.05) is 0 Å². The van der Waals surface area contributed by atoms with Gasteiger partial charge in [0, 0.05) is 16.1 Å². The fourth-order valence-electron chi connectivity index (χ4n) is 2.57. The van der Waals surface area contributed by atoms with Crippen molar-refractivity contribution in [3.05, 3.63) is 29.5 Å². The average Bonchev–Trinajstić information content (AvgIpc) is 3.16. The first-order valence-electron chi connectivity index (χ1n) is 6.94. The fraction of sp³-hybridized carbons (Fsp3) is 0.533. The van der Waals surface area contributed by atoms with Gasteiger partial charge in [-0.05, 0) is 60.1 Å². The molecule has 0 unspecified atom stereocenters. The Hall–Kier alpha value is -0.870. The van der Waals surface area contributed by atoms with Crippen molar-refractivity contribution in [2.45, 2.75) is 37.6 Å². The number of hydrogen-bond donors (Lipinski definition) is 1. The van der Waals surface area contributed by atoms with Gasteiger partial charge >= 0.3 is 0 Å². The van der Waals surface area contributed by atoms with Crippen molar-refractivity contribution in [3.8, 4) is 5.88 Å². The molecule has 0 spiro atoms. The first kappa shape index (κ1) is 13.1. The summed E-state index contributed by atoms with van der Waals surface area (Å²) >= 11 is 3.64. The van der Waals surface area contributed by atoms with Crippen molar-refractivity contribution in [2.75, 3.05) is 13.7 Å². The van der Waals surface area contributed by atoms with Gasteiger partial charge in [-0.1, -0.05) is 12.1 Å². The molecular formula is C15H19BrN2O. The maximum Gasteiger partial charge on any atom is 0.217 e. The Balaban J connectivity index is 1.83. The summed E-state index contributed by atoms with van der Waals surface area (Å²) in [4.78, 5) is 4.63. The molecule has 19 heavy (non-hydrogen) atoms. The Bertz CT molecular complexity index is 491. The molecule has 4 heteroatoms. The predicted molar refractivity (Wildman–Crippen MR) is 80.7 cm³/mol. The van der Waals surface area contributed by atoms with E-state index in [-0.39, 0.29) is 0 Å². The average molecular weight is 323 g/mol. The molecule has 102 valence electrons. The zero-order valence-electron chi connectivity index (χ0n) is 11.2. The summed E-state index contributed by atoms with van der Waals surface area (Å²) in [6, 6.07) is 4.71. The molecule has 3 nitrogen and oxygen atoms in total. The van der Waals surface area contributed by atoms with E-state index in [0.29, 0.717) is 12.0 Å². The Morgan fingerprint density at radius 3 is 2.89 bits per heavy atom. The van der Waals surface area contributed by atoms with Crippen molar-refractivity contribution in [1.29, 1.82) is 0 Å². The second-order valence-corrected chi connectivity index (χ2v) is 6.14. The maximum absolute atomic E-state index is 5.43. The Labute approximate surface area is 122 Å². The van der Waals surface area contributed by atoms with Crippen molar-refractivity contribution < 1.29 is 4.74 Å². The monoisotopic (exact) mass is 322 g/mol. The van der Waals surface area contributed by atoms with Crippen LogP contribution >= 0.6 is 15.9 Å². The number of rotatable bonds is 4. The van der Waals surface area contributed by atoms with Crippen molar-refractivity contribution in [3.63, 3.8) is 0 Å². The standard InChI is InChI=1S/C15H19BrN2O/c1-19-15-12(10-4-5-10)6-7-14(18-15)13(16)9-11-3-2-8-17-11/h6-7,9-11,17H,2-5,8H2,1H3/b13-9-/t11-/m1/s1. The first-order valence-corrected chi connectivity index (χ1v) is 7.73. The van der Waals surface area contributed by atoms with Crippen LogP contribution in [0.25, 0.3) is 4.48 Å². The van der Waals surface area contributed by atoms with Crippen molar-refractivity contribution in [2.24, 2.45) is 0 Å². The van der Waals surface area contributed by atoms with Crippen molar-refractivity contribution >= 4 is 20.4 Å². The van der Waals surface area contributed by atoms with Gasteiger partial charge in [-0.25, -0.2) is 4.98 Å². The number of aromatic nitrogens is 1. The molecule has 3 rings (SSSR count). The molecule has 0 aromatic carbocycles. The van der Waals surface area contributed by atoms with E-state index in [9.17, 15) is 0 Å². The molecule has 1 saturated carbocycles. The minimum absolute atomic E-state index is 0.463. The predicted octanol–water partition coefficient (Wildman–Crippen LogP) is 3.46. The number of methoxy groups -OCH3 is 1. The van der Waals surface area contributed by atoms with E-state index in [1.54, 1.807) is 7.11 Å². The number of hydrogen-bond acceptors (Lipinski definition) is 3. The molecule has 1 N–H and O–H groups in total. The molecule has 1 aliphatic carbocycles. The lowest BCUT2D eigenvalue weighted by Gasteiger charge is -2.10. The highest BCUT2D eigenvalue weighted by atomic mass is 79.9. The van der Waals surface area contributed by atoms with Crippen LogP contribution in [0.4, 0.5) is 0 Å². The van der Waals surface area contributed by atoms with Crippen LogP contribution in [-0.4, -0.2) is 24.7 Å². The molecule has 1 aliphatic heterocycles. The molecule has 1 aromatic rings. The second-order valence-electron chi connectivity index (χ2n) is 5.29. The quantitative estimate of drug-likeness (QED) is 0.921. The SMILES string of the molecule is COc1nc(/C(Br)=C/[C@H]2CCCN2)ccc1C1CC1. The van der Waals surface area contributed by atoms with Crippen LogP contribution < -0.4 is 10.1 Å². The highest BCUT2D eigenvalue weighted by Crippen LogP contribution is 2.44. The van der Waals surface area contributed by atoms with Gasteiger partial charge in [0.2, 0.25) is 5.88 Å². The third kappa shape index (κ3) is 3.00. The van der Waals surface area contributed by atoms with Gasteiger partial charge in [-0.15, -0.1) is 0 Å². The summed E-state index contributed by atoms with van der Waals surface area (Å²) < 4.78 is 6.48. The summed E-state index contributed by atoms with van der Waals surface area (Å²) in [5.74, 6) is 1.44. The molecule has 2 fully saturated rings. The van der Waals surface area contributed by atoms with Crippen LogP contribution in [-0.2, 0) is 0 Å².